The number of rotatable bonds is 4. The van der Waals surface area contributed by atoms with E-state index in [0.717, 1.165) is 19.3 Å². The largest absolute Gasteiger partial charge is 0.374 e. The summed E-state index contributed by atoms with van der Waals surface area (Å²) in [6.07, 6.45) is 2.19. The maximum absolute atomic E-state index is 9.32. The van der Waals surface area contributed by atoms with Gasteiger partial charge in [-0.3, -0.25) is 0 Å². The molecule has 3 nitrogen and oxygen atoms in total. The van der Waals surface area contributed by atoms with E-state index in [4.69, 9.17) is 9.47 Å². The fourth-order valence-electron chi connectivity index (χ4n) is 1.88. The number of ether oxygens (including phenoxy) is 2. The minimum atomic E-state index is -0.598. The molecule has 1 N–H and O–H groups in total. The molecular weight excluding hydrogens is 204 g/mol. The number of hydrogen-bond donors (Lipinski definition) is 1. The van der Waals surface area contributed by atoms with Gasteiger partial charge in [-0.1, -0.05) is 30.3 Å². The van der Waals surface area contributed by atoms with Gasteiger partial charge >= 0.3 is 0 Å². The minimum absolute atomic E-state index is 0.0486. The minimum Gasteiger partial charge on any atom is -0.374 e. The molecule has 88 valence electrons. The van der Waals surface area contributed by atoms with Crippen molar-refractivity contribution in [1.82, 2.24) is 0 Å². The Morgan fingerprint density at radius 1 is 1.25 bits per heavy atom. The molecule has 1 aliphatic heterocycles. The first-order chi connectivity index (χ1) is 7.84. The Bertz CT molecular complexity index is 299. The summed E-state index contributed by atoms with van der Waals surface area (Å²) in [4.78, 5) is 0. The van der Waals surface area contributed by atoms with Gasteiger partial charge < -0.3 is 14.6 Å². The fourth-order valence-corrected chi connectivity index (χ4v) is 1.88. The lowest BCUT2D eigenvalue weighted by atomic mass is 10.1. The third-order valence-corrected chi connectivity index (χ3v) is 2.74. The smallest absolute Gasteiger partial charge is 0.155 e. The molecule has 16 heavy (non-hydrogen) atoms. The van der Waals surface area contributed by atoms with Crippen LogP contribution >= 0.6 is 0 Å². The van der Waals surface area contributed by atoms with Crippen LogP contribution in [0, 0.1) is 0 Å². The first kappa shape index (κ1) is 11.6. The highest BCUT2D eigenvalue weighted by Crippen LogP contribution is 2.17. The summed E-state index contributed by atoms with van der Waals surface area (Å²) >= 11 is 0. The van der Waals surface area contributed by atoms with Crippen molar-refractivity contribution >= 4 is 0 Å². The Balaban J connectivity index is 1.68. The van der Waals surface area contributed by atoms with Gasteiger partial charge in [-0.15, -0.1) is 0 Å². The second-order valence-electron chi connectivity index (χ2n) is 4.14. The molecule has 0 saturated carbocycles. The van der Waals surface area contributed by atoms with Gasteiger partial charge in [0.2, 0.25) is 0 Å². The van der Waals surface area contributed by atoms with Crippen LogP contribution in [-0.4, -0.2) is 24.1 Å². The van der Waals surface area contributed by atoms with Gasteiger partial charge in [-0.25, -0.2) is 0 Å². The van der Waals surface area contributed by atoms with Crippen molar-refractivity contribution in [3.63, 3.8) is 0 Å². The molecule has 2 atom stereocenters. The van der Waals surface area contributed by atoms with Crippen LogP contribution in [0.2, 0.25) is 0 Å². The molecule has 3 heteroatoms. The number of hydrogen-bond acceptors (Lipinski definition) is 3. The summed E-state index contributed by atoms with van der Waals surface area (Å²) < 4.78 is 10.9. The molecule has 0 radical (unpaired) electrons. The van der Waals surface area contributed by atoms with Crippen LogP contribution in [0.15, 0.2) is 30.3 Å². The van der Waals surface area contributed by atoms with Crippen molar-refractivity contribution in [2.75, 3.05) is 6.61 Å². The number of aliphatic hydroxyl groups is 1. The van der Waals surface area contributed by atoms with E-state index in [1.807, 2.05) is 30.3 Å². The Morgan fingerprint density at radius 3 is 2.81 bits per heavy atom. The third kappa shape index (κ3) is 3.59. The van der Waals surface area contributed by atoms with Crippen LogP contribution in [0.1, 0.15) is 24.8 Å². The highest BCUT2D eigenvalue weighted by molar-refractivity contribution is 5.13. The summed E-state index contributed by atoms with van der Waals surface area (Å²) in [5.74, 6) is 0. The average molecular weight is 222 g/mol. The van der Waals surface area contributed by atoms with E-state index in [0.29, 0.717) is 13.2 Å². The molecule has 0 aliphatic carbocycles. The molecule has 0 spiro atoms. The van der Waals surface area contributed by atoms with E-state index in [1.165, 1.54) is 5.56 Å². The van der Waals surface area contributed by atoms with Gasteiger partial charge in [0.15, 0.2) is 6.29 Å². The van der Waals surface area contributed by atoms with Crippen molar-refractivity contribution in [2.24, 2.45) is 0 Å². The Kier molecular flexibility index (Phi) is 4.34. The molecular formula is C13H18O3. The molecule has 1 aromatic rings. The predicted octanol–water partition coefficient (Wildman–Crippen LogP) is 2.09. The normalized spacial score (nSPS) is 25.6. The topological polar surface area (TPSA) is 38.7 Å². The maximum Gasteiger partial charge on any atom is 0.155 e. The van der Waals surface area contributed by atoms with E-state index in [1.54, 1.807) is 0 Å². The van der Waals surface area contributed by atoms with E-state index < -0.39 is 6.29 Å². The van der Waals surface area contributed by atoms with Crippen LogP contribution in [0.5, 0.6) is 0 Å². The first-order valence-corrected chi connectivity index (χ1v) is 5.80. The number of aliphatic hydroxyl groups excluding tert-OH is 1. The van der Waals surface area contributed by atoms with Crippen LogP contribution in [0.4, 0.5) is 0 Å². The molecule has 0 amide bonds. The lowest BCUT2D eigenvalue weighted by Crippen LogP contribution is -2.30. The van der Waals surface area contributed by atoms with Gasteiger partial charge in [0.05, 0.1) is 19.3 Å². The van der Waals surface area contributed by atoms with Crippen molar-refractivity contribution in [3.8, 4) is 0 Å². The molecule has 1 saturated heterocycles. The van der Waals surface area contributed by atoms with Crippen LogP contribution < -0.4 is 0 Å². The molecule has 1 heterocycles. The van der Waals surface area contributed by atoms with Crippen LogP contribution in [0.25, 0.3) is 0 Å². The molecule has 1 fully saturated rings. The summed E-state index contributed by atoms with van der Waals surface area (Å²) in [6, 6.07) is 10.1. The second-order valence-corrected chi connectivity index (χ2v) is 4.14. The quantitative estimate of drug-likeness (QED) is 0.847. The molecule has 2 unspecified atom stereocenters. The van der Waals surface area contributed by atoms with Crippen LogP contribution in [0.3, 0.4) is 0 Å². The van der Waals surface area contributed by atoms with Crippen molar-refractivity contribution < 1.29 is 14.6 Å². The Labute approximate surface area is 96.0 Å². The monoisotopic (exact) mass is 222 g/mol. The zero-order chi connectivity index (χ0) is 11.2. The van der Waals surface area contributed by atoms with Gasteiger partial charge in [-0.2, -0.15) is 0 Å². The summed E-state index contributed by atoms with van der Waals surface area (Å²) in [5, 5.41) is 9.32. The molecule has 0 bridgehead atoms. The van der Waals surface area contributed by atoms with Crippen molar-refractivity contribution in [1.29, 1.82) is 0 Å². The van der Waals surface area contributed by atoms with E-state index in [-0.39, 0.29) is 6.10 Å². The van der Waals surface area contributed by atoms with Crippen LogP contribution in [-0.2, 0) is 16.1 Å². The molecule has 0 aromatic heterocycles. The van der Waals surface area contributed by atoms with Crippen molar-refractivity contribution in [3.05, 3.63) is 35.9 Å². The first-order valence-electron chi connectivity index (χ1n) is 5.80. The zero-order valence-corrected chi connectivity index (χ0v) is 9.34. The predicted molar refractivity (Wildman–Crippen MR) is 60.8 cm³/mol. The highest BCUT2D eigenvalue weighted by Gasteiger charge is 2.20. The average Bonchev–Trinajstić information content (AvgIpc) is 2.30. The van der Waals surface area contributed by atoms with Gasteiger partial charge in [0.25, 0.3) is 0 Å². The fraction of sp³-hybridized carbons (Fsp3) is 0.538. The Morgan fingerprint density at radius 2 is 2.06 bits per heavy atom. The third-order valence-electron chi connectivity index (χ3n) is 2.74. The molecule has 2 rings (SSSR count). The van der Waals surface area contributed by atoms with Crippen molar-refractivity contribution in [2.45, 2.75) is 38.3 Å². The van der Waals surface area contributed by atoms with E-state index in [2.05, 4.69) is 0 Å². The lowest BCUT2D eigenvalue weighted by Gasteiger charge is -2.26. The van der Waals surface area contributed by atoms with E-state index >= 15 is 0 Å². The SMILES string of the molecule is OC1CCCC(COCc2ccccc2)O1. The summed E-state index contributed by atoms with van der Waals surface area (Å²) in [7, 11) is 0. The second kappa shape index (κ2) is 5.99. The Hall–Kier alpha value is -0.900. The summed E-state index contributed by atoms with van der Waals surface area (Å²) in [5.41, 5.74) is 1.17. The van der Waals surface area contributed by atoms with Gasteiger partial charge in [0.1, 0.15) is 0 Å². The molecule has 1 aromatic carbocycles. The standard InChI is InChI=1S/C13H18O3/c14-13-8-4-7-12(16-13)10-15-9-11-5-2-1-3-6-11/h1-3,5-6,12-14H,4,7-10H2. The van der Waals surface area contributed by atoms with Gasteiger partial charge in [0, 0.05) is 0 Å². The van der Waals surface area contributed by atoms with Gasteiger partial charge in [-0.05, 0) is 24.8 Å². The number of benzene rings is 1. The molecule has 1 aliphatic rings. The zero-order valence-electron chi connectivity index (χ0n) is 9.34. The highest BCUT2D eigenvalue weighted by atomic mass is 16.6. The maximum atomic E-state index is 9.32. The lowest BCUT2D eigenvalue weighted by molar-refractivity contribution is -0.178. The van der Waals surface area contributed by atoms with E-state index in [9.17, 15) is 5.11 Å². The summed E-state index contributed by atoms with van der Waals surface area (Å²) in [6.45, 7) is 1.17.